The summed E-state index contributed by atoms with van der Waals surface area (Å²) in [5, 5.41) is 3.23. The molecule has 1 rings (SSSR count). The molecule has 0 amide bonds. The van der Waals surface area contributed by atoms with E-state index in [-0.39, 0.29) is 6.04 Å². The van der Waals surface area contributed by atoms with Crippen LogP contribution >= 0.6 is 23.1 Å². The average Bonchev–Trinajstić information content (AvgIpc) is 2.47. The van der Waals surface area contributed by atoms with Crippen molar-refractivity contribution in [3.63, 3.8) is 0 Å². The molecule has 15 heavy (non-hydrogen) atoms. The fraction of sp³-hybridized carbons (Fsp3) is 0.727. The topological polar surface area (TPSA) is 38.9 Å². The molecular formula is C11H20N2S2. The molecule has 0 radical (unpaired) electrons. The number of thiazole rings is 1. The van der Waals surface area contributed by atoms with Gasteiger partial charge in [-0.15, -0.1) is 11.3 Å². The first-order valence-electron chi connectivity index (χ1n) is 5.17. The van der Waals surface area contributed by atoms with Crippen molar-refractivity contribution in [1.82, 2.24) is 4.98 Å². The first-order valence-corrected chi connectivity index (χ1v) is 7.04. The Morgan fingerprint density at radius 3 is 2.67 bits per heavy atom. The molecule has 4 heteroatoms. The molecule has 1 unspecified atom stereocenters. The SMILES string of the molecule is Cc1nc(CC(N)CSC(C)(C)C)cs1. The Hall–Kier alpha value is -0.0600. The lowest BCUT2D eigenvalue weighted by atomic mass is 10.2. The highest BCUT2D eigenvalue weighted by Crippen LogP contribution is 2.24. The van der Waals surface area contributed by atoms with E-state index in [0.717, 1.165) is 22.9 Å². The van der Waals surface area contributed by atoms with Crippen LogP contribution in [-0.4, -0.2) is 21.5 Å². The van der Waals surface area contributed by atoms with E-state index in [0.29, 0.717) is 4.75 Å². The van der Waals surface area contributed by atoms with Crippen LogP contribution in [0, 0.1) is 6.92 Å². The van der Waals surface area contributed by atoms with E-state index >= 15 is 0 Å². The van der Waals surface area contributed by atoms with Gasteiger partial charge in [0.15, 0.2) is 0 Å². The van der Waals surface area contributed by atoms with E-state index in [1.54, 1.807) is 11.3 Å². The second-order valence-corrected chi connectivity index (χ2v) is 7.65. The average molecular weight is 244 g/mol. The molecule has 0 aromatic carbocycles. The molecule has 0 bridgehead atoms. The molecule has 1 heterocycles. The van der Waals surface area contributed by atoms with Crippen molar-refractivity contribution in [3.8, 4) is 0 Å². The fourth-order valence-electron chi connectivity index (χ4n) is 1.19. The number of aromatic nitrogens is 1. The van der Waals surface area contributed by atoms with Crippen LogP contribution in [0.3, 0.4) is 0 Å². The second kappa shape index (κ2) is 5.32. The quantitative estimate of drug-likeness (QED) is 0.885. The third-order valence-corrected chi connectivity index (χ3v) is 4.15. The molecule has 2 N–H and O–H groups in total. The monoisotopic (exact) mass is 244 g/mol. The van der Waals surface area contributed by atoms with Gasteiger partial charge < -0.3 is 5.73 Å². The van der Waals surface area contributed by atoms with Gasteiger partial charge >= 0.3 is 0 Å². The summed E-state index contributed by atoms with van der Waals surface area (Å²) in [6, 6.07) is 0.218. The predicted molar refractivity (Wildman–Crippen MR) is 70.7 cm³/mol. The van der Waals surface area contributed by atoms with Crippen LogP contribution in [-0.2, 0) is 6.42 Å². The zero-order valence-electron chi connectivity index (χ0n) is 9.91. The van der Waals surface area contributed by atoms with Crippen molar-refractivity contribution in [3.05, 3.63) is 16.1 Å². The summed E-state index contributed by atoms with van der Waals surface area (Å²) in [7, 11) is 0. The summed E-state index contributed by atoms with van der Waals surface area (Å²) >= 11 is 3.61. The molecule has 0 saturated heterocycles. The molecule has 2 nitrogen and oxygen atoms in total. The van der Waals surface area contributed by atoms with E-state index in [9.17, 15) is 0 Å². The highest BCUT2D eigenvalue weighted by atomic mass is 32.2. The number of rotatable bonds is 4. The van der Waals surface area contributed by atoms with Gasteiger partial charge in [-0.05, 0) is 6.92 Å². The maximum Gasteiger partial charge on any atom is 0.0897 e. The number of hydrogen-bond acceptors (Lipinski definition) is 4. The lowest BCUT2D eigenvalue weighted by Crippen LogP contribution is -2.28. The number of nitrogens with zero attached hydrogens (tertiary/aromatic N) is 1. The minimum absolute atomic E-state index is 0.218. The van der Waals surface area contributed by atoms with Gasteiger partial charge in [-0.25, -0.2) is 4.98 Å². The van der Waals surface area contributed by atoms with E-state index < -0.39 is 0 Å². The number of hydrogen-bond donors (Lipinski definition) is 1. The molecular weight excluding hydrogens is 224 g/mol. The van der Waals surface area contributed by atoms with Gasteiger partial charge in [0, 0.05) is 28.3 Å². The lowest BCUT2D eigenvalue weighted by Gasteiger charge is -2.20. The Bertz CT molecular complexity index is 302. The van der Waals surface area contributed by atoms with Crippen LogP contribution in [0.2, 0.25) is 0 Å². The van der Waals surface area contributed by atoms with Gasteiger partial charge in [-0.3, -0.25) is 0 Å². The molecule has 0 fully saturated rings. The Labute approximate surface area is 101 Å². The number of thioether (sulfide) groups is 1. The van der Waals surface area contributed by atoms with Gasteiger partial charge in [0.2, 0.25) is 0 Å². The molecule has 1 atom stereocenters. The summed E-state index contributed by atoms with van der Waals surface area (Å²) in [6.45, 7) is 8.69. The van der Waals surface area contributed by atoms with Gasteiger partial charge in [0.05, 0.1) is 10.7 Å². The molecule has 0 spiro atoms. The molecule has 1 aromatic heterocycles. The molecule has 0 aliphatic rings. The molecule has 0 saturated carbocycles. The summed E-state index contributed by atoms with van der Waals surface area (Å²) < 4.78 is 0.301. The van der Waals surface area contributed by atoms with E-state index in [4.69, 9.17) is 5.73 Å². The standard InChI is InChI=1S/C11H20N2S2/c1-8-13-10(7-14-8)5-9(12)6-15-11(2,3)4/h7,9H,5-6,12H2,1-4H3. The summed E-state index contributed by atoms with van der Waals surface area (Å²) in [6.07, 6.45) is 0.896. The largest absolute Gasteiger partial charge is 0.327 e. The van der Waals surface area contributed by atoms with Crippen LogP contribution in [0.15, 0.2) is 5.38 Å². The van der Waals surface area contributed by atoms with Crippen LogP contribution in [0.5, 0.6) is 0 Å². The first-order chi connectivity index (χ1) is 6.87. The smallest absolute Gasteiger partial charge is 0.0897 e. The van der Waals surface area contributed by atoms with E-state index in [1.807, 2.05) is 18.7 Å². The van der Waals surface area contributed by atoms with Crippen LogP contribution in [0.25, 0.3) is 0 Å². The van der Waals surface area contributed by atoms with E-state index in [1.165, 1.54) is 0 Å². The number of nitrogens with two attached hydrogens (primary N) is 1. The summed E-state index contributed by atoms with van der Waals surface area (Å²) in [5.41, 5.74) is 7.20. The fourth-order valence-corrected chi connectivity index (χ4v) is 2.64. The molecule has 1 aromatic rings. The normalized spacial score (nSPS) is 14.2. The van der Waals surface area contributed by atoms with Crippen molar-refractivity contribution >= 4 is 23.1 Å². The lowest BCUT2D eigenvalue weighted by molar-refractivity contribution is 0.723. The number of aryl methyl sites for hydroxylation is 1. The van der Waals surface area contributed by atoms with Gasteiger partial charge in [0.25, 0.3) is 0 Å². The summed E-state index contributed by atoms with van der Waals surface area (Å²) in [4.78, 5) is 4.42. The van der Waals surface area contributed by atoms with Crippen LogP contribution < -0.4 is 5.73 Å². The second-order valence-electron chi connectivity index (χ2n) is 4.75. The van der Waals surface area contributed by atoms with Crippen molar-refractivity contribution in [2.24, 2.45) is 5.73 Å². The van der Waals surface area contributed by atoms with Crippen molar-refractivity contribution < 1.29 is 0 Å². The first kappa shape index (κ1) is 13.0. The molecule has 86 valence electrons. The maximum atomic E-state index is 6.07. The summed E-state index contributed by atoms with van der Waals surface area (Å²) in [5.74, 6) is 1.00. The molecule has 0 aliphatic heterocycles. The van der Waals surface area contributed by atoms with Crippen LogP contribution in [0.1, 0.15) is 31.5 Å². The van der Waals surface area contributed by atoms with Crippen LogP contribution in [0.4, 0.5) is 0 Å². The van der Waals surface area contributed by atoms with Gasteiger partial charge in [0.1, 0.15) is 0 Å². The minimum atomic E-state index is 0.218. The highest BCUT2D eigenvalue weighted by molar-refractivity contribution is 8.00. The third-order valence-electron chi connectivity index (χ3n) is 1.87. The Balaban J connectivity index is 2.33. The van der Waals surface area contributed by atoms with E-state index in [2.05, 4.69) is 31.1 Å². The van der Waals surface area contributed by atoms with Crippen molar-refractivity contribution in [1.29, 1.82) is 0 Å². The predicted octanol–water partition coefficient (Wildman–Crippen LogP) is 2.85. The van der Waals surface area contributed by atoms with Gasteiger partial charge in [-0.1, -0.05) is 20.8 Å². The van der Waals surface area contributed by atoms with Crippen molar-refractivity contribution in [2.75, 3.05) is 5.75 Å². The minimum Gasteiger partial charge on any atom is -0.327 e. The zero-order chi connectivity index (χ0) is 11.5. The molecule has 0 aliphatic carbocycles. The van der Waals surface area contributed by atoms with Gasteiger partial charge in [-0.2, -0.15) is 11.8 Å². The van der Waals surface area contributed by atoms with Crippen molar-refractivity contribution in [2.45, 2.75) is 44.9 Å². The highest BCUT2D eigenvalue weighted by Gasteiger charge is 2.14. The Morgan fingerprint density at radius 1 is 1.53 bits per heavy atom. The Morgan fingerprint density at radius 2 is 2.20 bits per heavy atom. The zero-order valence-corrected chi connectivity index (χ0v) is 11.5. The Kier molecular flexibility index (Phi) is 4.62. The third kappa shape index (κ3) is 5.54. The maximum absolute atomic E-state index is 6.07.